The molecule has 1 aliphatic rings. The Hall–Kier alpha value is -3.69. The molecule has 2 heterocycles. The van der Waals surface area contributed by atoms with E-state index in [1.54, 1.807) is 24.3 Å². The van der Waals surface area contributed by atoms with Crippen molar-refractivity contribution in [2.45, 2.75) is 32.7 Å². The number of imide groups is 1. The monoisotopic (exact) mass is 461 g/mol. The molecule has 3 amide bonds. The molecule has 3 aromatic rings. The number of aryl methyl sites for hydroxylation is 2. The van der Waals surface area contributed by atoms with Crippen LogP contribution in [0, 0.1) is 6.92 Å². The van der Waals surface area contributed by atoms with Crippen molar-refractivity contribution in [1.29, 1.82) is 0 Å². The summed E-state index contributed by atoms with van der Waals surface area (Å²) in [4.78, 5) is 40.6. The molecule has 1 atom stereocenters. The largest absolute Gasteiger partial charge is 0.286 e. The van der Waals surface area contributed by atoms with Crippen LogP contribution in [-0.4, -0.2) is 23.8 Å². The van der Waals surface area contributed by atoms with Crippen LogP contribution in [-0.2, 0) is 16.0 Å². The summed E-state index contributed by atoms with van der Waals surface area (Å²) in [5.41, 5.74) is 8.12. The number of azo groups is 1. The molecular weight excluding hydrogens is 438 g/mol. The number of hydrogen-bond donors (Lipinski definition) is 2. The molecule has 0 aliphatic carbocycles. The highest BCUT2D eigenvalue weighted by molar-refractivity contribution is 7.14. The van der Waals surface area contributed by atoms with E-state index in [0.29, 0.717) is 16.3 Å². The van der Waals surface area contributed by atoms with E-state index in [4.69, 9.17) is 0 Å². The molecule has 9 heteroatoms. The number of thiophene rings is 1. The average molecular weight is 462 g/mol. The molecule has 4 rings (SSSR count). The first-order chi connectivity index (χ1) is 16.0. The molecule has 2 aromatic carbocycles. The minimum Gasteiger partial charge on any atom is -0.286 e. The van der Waals surface area contributed by atoms with Crippen LogP contribution in [0.5, 0.6) is 0 Å². The molecular formula is C24H23N5O3S. The lowest BCUT2D eigenvalue weighted by Gasteiger charge is -2.16. The van der Waals surface area contributed by atoms with Gasteiger partial charge in [-0.2, -0.15) is 10.2 Å². The van der Waals surface area contributed by atoms with Gasteiger partial charge in [-0.3, -0.25) is 19.8 Å². The lowest BCUT2D eigenvalue weighted by atomic mass is 10.2. The van der Waals surface area contributed by atoms with Crippen molar-refractivity contribution in [3.63, 3.8) is 0 Å². The van der Waals surface area contributed by atoms with Gasteiger partial charge in [0.1, 0.15) is 6.04 Å². The molecule has 1 aromatic heterocycles. The van der Waals surface area contributed by atoms with Crippen molar-refractivity contribution >= 4 is 46.1 Å². The Kier molecular flexibility index (Phi) is 6.71. The molecule has 33 heavy (non-hydrogen) atoms. The smallest absolute Gasteiger partial charge is 0.275 e. The highest BCUT2D eigenvalue weighted by Crippen LogP contribution is 2.26. The number of carbonyl (C=O) groups is 3. The predicted molar refractivity (Wildman–Crippen MR) is 127 cm³/mol. The molecule has 1 saturated heterocycles. The van der Waals surface area contributed by atoms with Crippen molar-refractivity contribution in [1.82, 2.24) is 10.9 Å². The summed E-state index contributed by atoms with van der Waals surface area (Å²) >= 11 is 1.42. The number of rotatable bonds is 7. The molecule has 168 valence electrons. The van der Waals surface area contributed by atoms with E-state index >= 15 is 0 Å². The second kappa shape index (κ2) is 9.85. The fourth-order valence-electron chi connectivity index (χ4n) is 3.49. The minimum atomic E-state index is -0.828. The highest BCUT2D eigenvalue weighted by atomic mass is 32.1. The minimum absolute atomic E-state index is 0.0434. The van der Waals surface area contributed by atoms with Gasteiger partial charge in [0.25, 0.3) is 11.8 Å². The van der Waals surface area contributed by atoms with Gasteiger partial charge in [-0.1, -0.05) is 25.1 Å². The van der Waals surface area contributed by atoms with E-state index in [-0.39, 0.29) is 18.2 Å². The molecule has 0 bridgehead atoms. The number of nitrogens with zero attached hydrogens (tertiary/aromatic N) is 3. The van der Waals surface area contributed by atoms with Crippen LogP contribution < -0.4 is 15.8 Å². The standard InChI is InChI=1S/C24H23N5O3S/c1-3-20-15(2)13-21(33-20)23(31)28-27-19-14-22(30)29(24(19)32)18-11-9-17(10-12-18)26-25-16-7-5-4-6-8-16/h4-13,19,27H,3,14H2,1-2H3,(H,28,31). The zero-order valence-corrected chi connectivity index (χ0v) is 19.1. The number of hydrazine groups is 1. The molecule has 1 fully saturated rings. The van der Waals surface area contributed by atoms with Crippen LogP contribution in [0.15, 0.2) is 70.9 Å². The summed E-state index contributed by atoms with van der Waals surface area (Å²) in [6.45, 7) is 4.00. The van der Waals surface area contributed by atoms with Gasteiger partial charge in [-0.05, 0) is 61.4 Å². The number of hydrogen-bond acceptors (Lipinski definition) is 7. The third kappa shape index (κ3) is 5.05. The summed E-state index contributed by atoms with van der Waals surface area (Å²) in [6, 6.07) is 17.0. The van der Waals surface area contributed by atoms with E-state index < -0.39 is 11.9 Å². The maximum Gasteiger partial charge on any atom is 0.275 e. The van der Waals surface area contributed by atoms with E-state index in [9.17, 15) is 14.4 Å². The average Bonchev–Trinajstić information content (AvgIpc) is 3.35. The van der Waals surface area contributed by atoms with Crippen LogP contribution in [0.4, 0.5) is 17.1 Å². The molecule has 8 nitrogen and oxygen atoms in total. The van der Waals surface area contributed by atoms with Gasteiger partial charge in [0, 0.05) is 4.88 Å². The van der Waals surface area contributed by atoms with Crippen molar-refractivity contribution in [2.24, 2.45) is 10.2 Å². The number of carbonyl (C=O) groups excluding carboxylic acids is 3. The fourth-order valence-corrected chi connectivity index (χ4v) is 4.50. The third-order valence-electron chi connectivity index (χ3n) is 5.22. The van der Waals surface area contributed by atoms with E-state index in [1.165, 1.54) is 11.3 Å². The first-order valence-corrected chi connectivity index (χ1v) is 11.4. The molecule has 0 radical (unpaired) electrons. The summed E-state index contributed by atoms with van der Waals surface area (Å²) in [6.07, 6.45) is 0.812. The first kappa shape index (κ1) is 22.5. The maximum atomic E-state index is 12.8. The Morgan fingerprint density at radius 1 is 1.06 bits per heavy atom. The number of benzene rings is 2. The summed E-state index contributed by atoms with van der Waals surface area (Å²) < 4.78 is 0. The summed E-state index contributed by atoms with van der Waals surface area (Å²) in [5, 5.41) is 8.32. The Bertz CT molecular complexity index is 1200. The van der Waals surface area contributed by atoms with Crippen LogP contribution in [0.3, 0.4) is 0 Å². The normalized spacial score (nSPS) is 16.1. The van der Waals surface area contributed by atoms with Gasteiger partial charge >= 0.3 is 0 Å². The Morgan fingerprint density at radius 2 is 1.73 bits per heavy atom. The van der Waals surface area contributed by atoms with Gasteiger partial charge in [-0.25, -0.2) is 10.3 Å². The second-order valence-electron chi connectivity index (χ2n) is 7.54. The van der Waals surface area contributed by atoms with E-state index in [1.807, 2.05) is 50.2 Å². The topological polar surface area (TPSA) is 103 Å². The van der Waals surface area contributed by atoms with Crippen LogP contribution in [0.25, 0.3) is 0 Å². The third-order valence-corrected chi connectivity index (χ3v) is 6.60. The van der Waals surface area contributed by atoms with E-state index in [0.717, 1.165) is 27.4 Å². The molecule has 1 aliphatic heterocycles. The van der Waals surface area contributed by atoms with Crippen LogP contribution >= 0.6 is 11.3 Å². The number of amides is 3. The lowest BCUT2D eigenvalue weighted by molar-refractivity contribution is -0.121. The van der Waals surface area contributed by atoms with Crippen molar-refractivity contribution in [3.8, 4) is 0 Å². The predicted octanol–water partition coefficient (Wildman–Crippen LogP) is 4.60. The van der Waals surface area contributed by atoms with Crippen molar-refractivity contribution in [2.75, 3.05) is 4.90 Å². The van der Waals surface area contributed by atoms with Crippen LogP contribution in [0.2, 0.25) is 0 Å². The van der Waals surface area contributed by atoms with Gasteiger partial charge in [-0.15, -0.1) is 11.3 Å². The van der Waals surface area contributed by atoms with Crippen molar-refractivity contribution < 1.29 is 14.4 Å². The van der Waals surface area contributed by atoms with Gasteiger partial charge in [0.2, 0.25) is 5.91 Å². The Morgan fingerprint density at radius 3 is 2.36 bits per heavy atom. The van der Waals surface area contributed by atoms with Crippen molar-refractivity contribution in [3.05, 3.63) is 76.0 Å². The maximum absolute atomic E-state index is 12.8. The zero-order valence-electron chi connectivity index (χ0n) is 18.2. The molecule has 0 spiro atoms. The fraction of sp³-hybridized carbons (Fsp3) is 0.208. The second-order valence-corrected chi connectivity index (χ2v) is 8.68. The zero-order chi connectivity index (χ0) is 23.4. The number of nitrogens with one attached hydrogen (secondary N) is 2. The summed E-state index contributed by atoms with van der Waals surface area (Å²) in [5.74, 6) is -1.09. The van der Waals surface area contributed by atoms with Gasteiger partial charge in [0.05, 0.1) is 28.4 Å². The van der Waals surface area contributed by atoms with Gasteiger partial charge < -0.3 is 0 Å². The molecule has 2 N–H and O–H groups in total. The Balaban J connectivity index is 1.38. The molecule has 0 saturated carbocycles. The first-order valence-electron chi connectivity index (χ1n) is 10.5. The lowest BCUT2D eigenvalue weighted by Crippen LogP contribution is -2.48. The van der Waals surface area contributed by atoms with Gasteiger partial charge in [0.15, 0.2) is 0 Å². The quantitative estimate of drug-likeness (QED) is 0.305. The Labute approximate surface area is 195 Å². The van der Waals surface area contributed by atoms with Crippen LogP contribution in [0.1, 0.15) is 33.5 Å². The number of anilines is 1. The van der Waals surface area contributed by atoms with E-state index in [2.05, 4.69) is 21.1 Å². The molecule has 1 unspecified atom stereocenters. The summed E-state index contributed by atoms with van der Waals surface area (Å²) in [7, 11) is 0. The SMILES string of the molecule is CCc1sc(C(=O)NNC2CC(=O)N(c3ccc(N=Nc4ccccc4)cc3)C2=O)cc1C. The highest BCUT2D eigenvalue weighted by Gasteiger charge is 2.39.